The number of carbonyl (C=O) groups is 2. The number of hydrogen-bond donors (Lipinski definition) is 1. The van der Waals surface area contributed by atoms with E-state index in [1.807, 2.05) is 69.3 Å². The van der Waals surface area contributed by atoms with Gasteiger partial charge >= 0.3 is 6.03 Å². The predicted octanol–water partition coefficient (Wildman–Crippen LogP) is 3.75. The van der Waals surface area contributed by atoms with Crippen molar-refractivity contribution in [3.8, 4) is 5.75 Å². The van der Waals surface area contributed by atoms with Crippen LogP contribution in [-0.4, -0.2) is 67.5 Å². The molecule has 0 unspecified atom stereocenters. The summed E-state index contributed by atoms with van der Waals surface area (Å²) in [6, 6.07) is 15.2. The Labute approximate surface area is 201 Å². The van der Waals surface area contributed by atoms with E-state index in [4.69, 9.17) is 14.6 Å². The minimum absolute atomic E-state index is 0.0441. The second-order valence-electron chi connectivity index (χ2n) is 8.67. The molecule has 0 radical (unpaired) electrons. The maximum Gasteiger partial charge on any atom is 0.318 e. The topological polar surface area (TPSA) is 83.5 Å². The van der Waals surface area contributed by atoms with E-state index < -0.39 is 0 Å². The summed E-state index contributed by atoms with van der Waals surface area (Å²) in [5.41, 5.74) is 3.84. The zero-order valence-corrected chi connectivity index (χ0v) is 20.6. The summed E-state index contributed by atoms with van der Waals surface area (Å²) in [5, 5.41) is 9.09. The summed E-state index contributed by atoms with van der Waals surface area (Å²) in [6.45, 7) is 6.33. The molecule has 34 heavy (non-hydrogen) atoms. The summed E-state index contributed by atoms with van der Waals surface area (Å²) in [5.74, 6) is 0.478. The number of aryl methyl sites for hydroxylation is 1. The summed E-state index contributed by atoms with van der Waals surface area (Å²) in [6.07, 6.45) is 0.568. The fraction of sp³-hybridized carbons (Fsp3) is 0.423. The molecular formula is C26H34N4O4. The van der Waals surface area contributed by atoms with Crippen molar-refractivity contribution in [2.75, 3.05) is 33.9 Å². The molecule has 0 aromatic heterocycles. The van der Waals surface area contributed by atoms with E-state index in [2.05, 4.69) is 5.32 Å². The van der Waals surface area contributed by atoms with Gasteiger partial charge in [-0.05, 0) is 38.5 Å². The highest BCUT2D eigenvalue weighted by atomic mass is 16.5. The first-order valence-electron chi connectivity index (χ1n) is 11.5. The summed E-state index contributed by atoms with van der Waals surface area (Å²) in [7, 11) is 3.19. The van der Waals surface area contributed by atoms with Crippen LogP contribution in [0.1, 0.15) is 43.0 Å². The normalized spacial score (nSPS) is 15.3. The van der Waals surface area contributed by atoms with Crippen LogP contribution in [0.4, 0.5) is 4.79 Å². The van der Waals surface area contributed by atoms with Crippen molar-refractivity contribution in [3.05, 3.63) is 65.2 Å². The number of ether oxygens (including phenoxy) is 2. The van der Waals surface area contributed by atoms with Gasteiger partial charge in [-0.1, -0.05) is 42.0 Å². The fourth-order valence-corrected chi connectivity index (χ4v) is 3.79. The largest absolute Gasteiger partial charge is 0.497 e. The number of rotatable bonds is 9. The highest BCUT2D eigenvalue weighted by Crippen LogP contribution is 2.33. The first kappa shape index (κ1) is 25.2. The van der Waals surface area contributed by atoms with Gasteiger partial charge in [0.15, 0.2) is 0 Å². The van der Waals surface area contributed by atoms with Crippen LogP contribution in [-0.2, 0) is 9.53 Å². The van der Waals surface area contributed by atoms with E-state index >= 15 is 0 Å². The van der Waals surface area contributed by atoms with Gasteiger partial charge in [0.2, 0.25) is 0 Å². The first-order chi connectivity index (χ1) is 16.3. The van der Waals surface area contributed by atoms with E-state index in [0.29, 0.717) is 19.6 Å². The Morgan fingerprint density at radius 3 is 2.56 bits per heavy atom. The Morgan fingerprint density at radius 1 is 1.18 bits per heavy atom. The van der Waals surface area contributed by atoms with E-state index in [9.17, 15) is 9.59 Å². The zero-order valence-electron chi connectivity index (χ0n) is 20.6. The molecule has 3 rings (SSSR count). The Bertz CT molecular complexity index is 1020. The SMILES string of the molecule is COCCN(CC(=O)N1N=C(c2cccc(OC)c2)C[C@H]1c1ccc(C)cc1)C(=O)NC(C)C. The van der Waals surface area contributed by atoms with Crippen LogP contribution < -0.4 is 10.1 Å². The van der Waals surface area contributed by atoms with Gasteiger partial charge in [-0.3, -0.25) is 4.79 Å². The van der Waals surface area contributed by atoms with E-state index in [0.717, 1.165) is 28.2 Å². The number of methoxy groups -OCH3 is 2. The molecule has 182 valence electrons. The third-order valence-electron chi connectivity index (χ3n) is 5.62. The second kappa shape index (κ2) is 11.7. The average Bonchev–Trinajstić information content (AvgIpc) is 3.27. The molecule has 0 saturated carbocycles. The van der Waals surface area contributed by atoms with E-state index in [1.165, 1.54) is 9.91 Å². The quantitative estimate of drug-likeness (QED) is 0.610. The predicted molar refractivity (Wildman–Crippen MR) is 132 cm³/mol. The molecule has 1 aliphatic rings. The fourth-order valence-electron chi connectivity index (χ4n) is 3.79. The number of benzene rings is 2. The number of hydrogen-bond acceptors (Lipinski definition) is 5. The average molecular weight is 467 g/mol. The maximum absolute atomic E-state index is 13.5. The molecule has 1 atom stereocenters. The maximum atomic E-state index is 13.5. The summed E-state index contributed by atoms with van der Waals surface area (Å²) < 4.78 is 10.5. The van der Waals surface area contributed by atoms with Gasteiger partial charge in [-0.25, -0.2) is 9.80 Å². The Balaban J connectivity index is 1.89. The number of amides is 3. The molecule has 0 fully saturated rings. The van der Waals surface area contributed by atoms with Gasteiger partial charge in [0, 0.05) is 31.7 Å². The summed E-state index contributed by atoms with van der Waals surface area (Å²) in [4.78, 5) is 27.7. The molecule has 8 heteroatoms. The molecule has 0 spiro atoms. The molecule has 0 bridgehead atoms. The van der Waals surface area contributed by atoms with Crippen molar-refractivity contribution in [1.29, 1.82) is 0 Å². The van der Waals surface area contributed by atoms with Crippen LogP contribution in [0.5, 0.6) is 5.75 Å². The van der Waals surface area contributed by atoms with Gasteiger partial charge in [0.1, 0.15) is 12.3 Å². The van der Waals surface area contributed by atoms with Crippen LogP contribution >= 0.6 is 0 Å². The Morgan fingerprint density at radius 2 is 1.91 bits per heavy atom. The van der Waals surface area contributed by atoms with Crippen molar-refractivity contribution in [3.63, 3.8) is 0 Å². The molecule has 2 aromatic carbocycles. The number of nitrogens with one attached hydrogen (secondary N) is 1. The molecule has 1 aliphatic heterocycles. The number of urea groups is 1. The molecule has 2 aromatic rings. The van der Waals surface area contributed by atoms with Gasteiger partial charge in [0.25, 0.3) is 5.91 Å². The highest BCUT2D eigenvalue weighted by Gasteiger charge is 2.34. The van der Waals surface area contributed by atoms with Gasteiger partial charge in [-0.15, -0.1) is 0 Å². The van der Waals surface area contributed by atoms with Crippen LogP contribution in [0.15, 0.2) is 53.6 Å². The zero-order chi connectivity index (χ0) is 24.7. The molecule has 0 saturated heterocycles. The minimum atomic E-state index is -0.302. The standard InChI is InChI=1S/C26H34N4O4/c1-18(2)27-26(32)29(13-14-33-4)17-25(31)30-24(20-11-9-19(3)10-12-20)16-23(28-30)21-7-6-8-22(15-21)34-5/h6-12,15,18,24H,13-14,16-17H2,1-5H3,(H,27,32)/t24-/m0/s1. The molecule has 0 aliphatic carbocycles. The van der Waals surface area contributed by atoms with Gasteiger partial charge in [-0.2, -0.15) is 5.10 Å². The number of hydrazone groups is 1. The molecule has 3 amide bonds. The molecule has 1 N–H and O–H groups in total. The lowest BCUT2D eigenvalue weighted by molar-refractivity contribution is -0.133. The lowest BCUT2D eigenvalue weighted by atomic mass is 9.97. The third kappa shape index (κ3) is 6.35. The lowest BCUT2D eigenvalue weighted by Crippen LogP contribution is -2.48. The van der Waals surface area contributed by atoms with Crippen LogP contribution in [0.25, 0.3) is 0 Å². The van der Waals surface area contributed by atoms with Crippen LogP contribution in [0.2, 0.25) is 0 Å². The van der Waals surface area contributed by atoms with Crippen molar-refractivity contribution in [1.82, 2.24) is 15.2 Å². The Hall–Kier alpha value is -3.39. The van der Waals surface area contributed by atoms with Crippen LogP contribution in [0.3, 0.4) is 0 Å². The monoisotopic (exact) mass is 466 g/mol. The third-order valence-corrected chi connectivity index (χ3v) is 5.62. The van der Waals surface area contributed by atoms with Gasteiger partial charge in [0.05, 0.1) is 25.5 Å². The van der Waals surface area contributed by atoms with Crippen molar-refractivity contribution in [2.45, 2.75) is 39.3 Å². The number of carbonyl (C=O) groups excluding carboxylic acids is 2. The lowest BCUT2D eigenvalue weighted by Gasteiger charge is -2.27. The second-order valence-corrected chi connectivity index (χ2v) is 8.67. The van der Waals surface area contributed by atoms with Crippen molar-refractivity contribution in [2.24, 2.45) is 5.10 Å². The molecular weight excluding hydrogens is 432 g/mol. The highest BCUT2D eigenvalue weighted by molar-refractivity contribution is 6.03. The summed E-state index contributed by atoms with van der Waals surface area (Å²) >= 11 is 0. The van der Waals surface area contributed by atoms with Crippen molar-refractivity contribution >= 4 is 17.6 Å². The smallest absolute Gasteiger partial charge is 0.318 e. The number of nitrogens with zero attached hydrogens (tertiary/aromatic N) is 3. The minimum Gasteiger partial charge on any atom is -0.497 e. The Kier molecular flexibility index (Phi) is 8.65. The molecule has 1 heterocycles. The molecule has 8 nitrogen and oxygen atoms in total. The van der Waals surface area contributed by atoms with E-state index in [1.54, 1.807) is 14.2 Å². The van der Waals surface area contributed by atoms with E-state index in [-0.39, 0.29) is 30.6 Å². The first-order valence-corrected chi connectivity index (χ1v) is 11.5. The van der Waals surface area contributed by atoms with Crippen LogP contribution in [0, 0.1) is 6.92 Å². The van der Waals surface area contributed by atoms with Gasteiger partial charge < -0.3 is 19.7 Å². The van der Waals surface area contributed by atoms with Crippen molar-refractivity contribution < 1.29 is 19.1 Å².